The van der Waals surface area contributed by atoms with Crippen molar-refractivity contribution in [1.29, 1.82) is 0 Å². The number of fused-ring (bicyclic) bond motifs is 7. The number of anilines is 1. The van der Waals surface area contributed by atoms with E-state index in [-0.39, 0.29) is 0 Å². The summed E-state index contributed by atoms with van der Waals surface area (Å²) in [7, 11) is 0. The van der Waals surface area contributed by atoms with Gasteiger partial charge in [0.05, 0.1) is 5.69 Å². The minimum Gasteiger partial charge on any atom is -0.357 e. The van der Waals surface area contributed by atoms with Crippen LogP contribution in [0.5, 0.6) is 0 Å². The van der Waals surface area contributed by atoms with Crippen molar-refractivity contribution in [3.05, 3.63) is 17.3 Å². The predicted molar refractivity (Wildman–Crippen MR) is 57.6 cm³/mol. The monoisotopic (exact) mass is 202 g/mol. The van der Waals surface area contributed by atoms with Crippen molar-refractivity contribution in [3.8, 4) is 0 Å². The zero-order valence-corrected chi connectivity index (χ0v) is 8.70. The van der Waals surface area contributed by atoms with Crippen LogP contribution in [0.3, 0.4) is 0 Å². The van der Waals surface area contributed by atoms with Gasteiger partial charge < -0.3 is 9.47 Å². The van der Waals surface area contributed by atoms with Gasteiger partial charge in [-0.2, -0.15) is 0 Å². The van der Waals surface area contributed by atoms with E-state index in [1.807, 2.05) is 0 Å². The summed E-state index contributed by atoms with van der Waals surface area (Å²) in [6.07, 6.45) is 3.05. The van der Waals surface area contributed by atoms with Crippen molar-refractivity contribution in [2.75, 3.05) is 18.0 Å². The van der Waals surface area contributed by atoms with Gasteiger partial charge in [-0.1, -0.05) is 0 Å². The summed E-state index contributed by atoms with van der Waals surface area (Å²) in [6.45, 7) is 3.42. The van der Waals surface area contributed by atoms with Gasteiger partial charge >= 0.3 is 0 Å². The second-order valence-electron chi connectivity index (χ2n) is 4.92. The molecule has 1 aromatic heterocycles. The molecular weight excluding hydrogens is 188 g/mol. The molecule has 1 unspecified atom stereocenters. The summed E-state index contributed by atoms with van der Waals surface area (Å²) in [4.78, 5) is 14.2. The van der Waals surface area contributed by atoms with Crippen LogP contribution in [0.4, 0.5) is 5.82 Å². The molecule has 0 amide bonds. The molecule has 1 saturated heterocycles. The van der Waals surface area contributed by atoms with Crippen molar-refractivity contribution in [2.24, 2.45) is 0 Å². The highest BCUT2D eigenvalue weighted by molar-refractivity contribution is 5.97. The number of rotatable bonds is 0. The molecule has 1 atom stereocenters. The number of carbonyl (C=O) groups is 1. The third-order valence-corrected chi connectivity index (χ3v) is 4.10. The standard InChI is InChI=1S/C12H14N2O/c15-11-2-1-4-14-10(11)6-9-8-3-5-13(7-8)12(9)14/h6,8H,1-5,7H2. The number of hydrogen-bond donors (Lipinski definition) is 0. The molecule has 4 heterocycles. The summed E-state index contributed by atoms with van der Waals surface area (Å²) in [6, 6.07) is 2.17. The molecule has 3 aliphatic rings. The molecule has 0 saturated carbocycles. The van der Waals surface area contributed by atoms with Crippen LogP contribution in [0.25, 0.3) is 0 Å². The molecule has 78 valence electrons. The van der Waals surface area contributed by atoms with E-state index in [9.17, 15) is 4.79 Å². The number of carbonyl (C=O) groups excluding carboxylic acids is 1. The SMILES string of the molecule is O=C1CCCn2c1cc1c2N2CCC1C2. The van der Waals surface area contributed by atoms with Crippen LogP contribution in [0.1, 0.15) is 41.2 Å². The van der Waals surface area contributed by atoms with Crippen LogP contribution < -0.4 is 4.90 Å². The summed E-state index contributed by atoms with van der Waals surface area (Å²) >= 11 is 0. The van der Waals surface area contributed by atoms with Gasteiger partial charge in [0.1, 0.15) is 5.82 Å². The van der Waals surface area contributed by atoms with E-state index >= 15 is 0 Å². The Balaban J connectivity index is 1.96. The fraction of sp³-hybridized carbons (Fsp3) is 0.583. The van der Waals surface area contributed by atoms with Gasteiger partial charge in [-0.05, 0) is 24.5 Å². The largest absolute Gasteiger partial charge is 0.357 e. The van der Waals surface area contributed by atoms with Crippen LogP contribution in [0.2, 0.25) is 0 Å². The fourth-order valence-corrected chi connectivity index (χ4v) is 3.40. The van der Waals surface area contributed by atoms with Crippen LogP contribution >= 0.6 is 0 Å². The summed E-state index contributed by atoms with van der Waals surface area (Å²) in [5.74, 6) is 2.43. The third kappa shape index (κ3) is 0.845. The maximum absolute atomic E-state index is 11.8. The maximum Gasteiger partial charge on any atom is 0.179 e. The molecule has 0 N–H and O–H groups in total. The highest BCUT2D eigenvalue weighted by Crippen LogP contribution is 2.46. The number of nitrogens with zero attached hydrogens (tertiary/aromatic N) is 2. The molecule has 3 nitrogen and oxygen atoms in total. The van der Waals surface area contributed by atoms with Crippen LogP contribution in [0.15, 0.2) is 6.07 Å². The van der Waals surface area contributed by atoms with Gasteiger partial charge in [0.2, 0.25) is 0 Å². The first kappa shape index (κ1) is 7.97. The maximum atomic E-state index is 11.8. The van der Waals surface area contributed by atoms with Crippen LogP contribution in [-0.4, -0.2) is 23.4 Å². The molecule has 3 heteroatoms. The van der Waals surface area contributed by atoms with Crippen LogP contribution in [0, 0.1) is 0 Å². The van der Waals surface area contributed by atoms with E-state index < -0.39 is 0 Å². The van der Waals surface area contributed by atoms with E-state index in [2.05, 4.69) is 15.5 Å². The van der Waals surface area contributed by atoms with Crippen molar-refractivity contribution < 1.29 is 4.79 Å². The Morgan fingerprint density at radius 3 is 3.20 bits per heavy atom. The average Bonchev–Trinajstić information content (AvgIpc) is 2.87. The van der Waals surface area contributed by atoms with E-state index in [4.69, 9.17) is 0 Å². The van der Waals surface area contributed by atoms with Gasteiger partial charge in [0.25, 0.3) is 0 Å². The zero-order valence-electron chi connectivity index (χ0n) is 8.70. The average molecular weight is 202 g/mol. The summed E-state index contributed by atoms with van der Waals surface area (Å²) in [5.41, 5.74) is 2.43. The van der Waals surface area contributed by atoms with Crippen molar-refractivity contribution in [2.45, 2.75) is 31.7 Å². The van der Waals surface area contributed by atoms with Gasteiger partial charge in [0, 0.05) is 32.0 Å². The summed E-state index contributed by atoms with van der Waals surface area (Å²) < 4.78 is 2.26. The molecule has 1 fully saturated rings. The molecule has 2 bridgehead atoms. The number of aromatic nitrogens is 1. The molecule has 1 aromatic rings. The van der Waals surface area contributed by atoms with Gasteiger partial charge in [0.15, 0.2) is 5.78 Å². The second kappa shape index (κ2) is 2.46. The number of Topliss-reactive ketones (excluding diaryl/α,β-unsaturated/α-hetero) is 1. The lowest BCUT2D eigenvalue weighted by atomic mass is 10.0. The normalized spacial score (nSPS) is 27.1. The molecule has 0 aliphatic carbocycles. The Hall–Kier alpha value is -1.25. The van der Waals surface area contributed by atoms with Crippen molar-refractivity contribution >= 4 is 11.6 Å². The van der Waals surface area contributed by atoms with E-state index in [0.717, 1.165) is 25.1 Å². The Morgan fingerprint density at radius 2 is 2.27 bits per heavy atom. The third-order valence-electron chi connectivity index (χ3n) is 4.10. The molecule has 4 rings (SSSR count). The number of ketones is 1. The van der Waals surface area contributed by atoms with E-state index in [1.165, 1.54) is 30.9 Å². The van der Waals surface area contributed by atoms with E-state index in [0.29, 0.717) is 11.7 Å². The van der Waals surface area contributed by atoms with Crippen molar-refractivity contribution in [1.82, 2.24) is 4.57 Å². The molecule has 0 aromatic carbocycles. The smallest absolute Gasteiger partial charge is 0.179 e. The quantitative estimate of drug-likeness (QED) is 0.640. The van der Waals surface area contributed by atoms with Crippen molar-refractivity contribution in [3.63, 3.8) is 0 Å². The molecule has 15 heavy (non-hydrogen) atoms. The number of hydrogen-bond acceptors (Lipinski definition) is 2. The lowest BCUT2D eigenvalue weighted by Crippen LogP contribution is -2.23. The van der Waals surface area contributed by atoms with Gasteiger partial charge in [-0.15, -0.1) is 0 Å². The Bertz CT molecular complexity index is 460. The fourth-order valence-electron chi connectivity index (χ4n) is 3.40. The second-order valence-corrected chi connectivity index (χ2v) is 4.92. The first-order chi connectivity index (χ1) is 7.34. The topological polar surface area (TPSA) is 25.2 Å². The zero-order chi connectivity index (χ0) is 9.99. The lowest BCUT2D eigenvalue weighted by molar-refractivity contribution is 0.0955. The Kier molecular flexibility index (Phi) is 1.31. The highest BCUT2D eigenvalue weighted by atomic mass is 16.1. The minimum absolute atomic E-state index is 0.344. The minimum atomic E-state index is 0.344. The van der Waals surface area contributed by atoms with E-state index in [1.54, 1.807) is 0 Å². The molecule has 0 radical (unpaired) electrons. The van der Waals surface area contributed by atoms with Crippen LogP contribution in [-0.2, 0) is 6.54 Å². The Morgan fingerprint density at radius 1 is 1.33 bits per heavy atom. The first-order valence-corrected chi connectivity index (χ1v) is 5.86. The molecule has 0 spiro atoms. The molecule has 3 aliphatic heterocycles. The summed E-state index contributed by atoms with van der Waals surface area (Å²) in [5, 5.41) is 0. The molecular formula is C12H14N2O. The highest BCUT2D eigenvalue weighted by Gasteiger charge is 2.39. The lowest BCUT2D eigenvalue weighted by Gasteiger charge is -2.22. The predicted octanol–water partition coefficient (Wildman–Crippen LogP) is 1.77. The van der Waals surface area contributed by atoms with Gasteiger partial charge in [-0.25, -0.2) is 0 Å². The first-order valence-electron chi connectivity index (χ1n) is 5.86. The van der Waals surface area contributed by atoms with Gasteiger partial charge in [-0.3, -0.25) is 4.79 Å². The Labute approximate surface area is 88.7 Å².